The van der Waals surface area contributed by atoms with Crippen molar-refractivity contribution in [3.8, 4) is 11.4 Å². The molecule has 1 aromatic carbocycles. The topological polar surface area (TPSA) is 59.8 Å². The van der Waals surface area contributed by atoms with Gasteiger partial charge in [-0.3, -0.25) is 4.79 Å². The molecule has 1 amide bonds. The number of aromatic nitrogens is 3. The quantitative estimate of drug-likeness (QED) is 0.694. The summed E-state index contributed by atoms with van der Waals surface area (Å²) in [4.78, 5) is 21.3. The average Bonchev–Trinajstić information content (AvgIpc) is 2.89. The van der Waals surface area contributed by atoms with Crippen LogP contribution in [0.1, 0.15) is 52.5 Å². The number of anilines is 1. The van der Waals surface area contributed by atoms with Crippen molar-refractivity contribution in [2.24, 2.45) is 5.41 Å². The first kappa shape index (κ1) is 17.7. The maximum Gasteiger partial charge on any atom is 0.226 e. The maximum atomic E-state index is 12.5. The van der Waals surface area contributed by atoms with Gasteiger partial charge in [-0.05, 0) is 42.9 Å². The largest absolute Gasteiger partial charge is 0.324 e. The Morgan fingerprint density at radius 2 is 1.93 bits per heavy atom. The summed E-state index contributed by atoms with van der Waals surface area (Å²) in [6.07, 6.45) is 7.56. The van der Waals surface area contributed by atoms with Gasteiger partial charge in [0.1, 0.15) is 5.82 Å². The van der Waals surface area contributed by atoms with E-state index in [1.165, 1.54) is 6.42 Å². The minimum atomic E-state index is -0.0325. The van der Waals surface area contributed by atoms with Crippen molar-refractivity contribution in [1.29, 1.82) is 0 Å². The Balaban J connectivity index is 1.74. The molecule has 5 nitrogen and oxygen atoms in total. The molecule has 0 saturated heterocycles. The molecule has 1 saturated carbocycles. The lowest BCUT2D eigenvalue weighted by molar-refractivity contribution is -0.117. The summed E-state index contributed by atoms with van der Waals surface area (Å²) < 4.78 is 2.30. The summed E-state index contributed by atoms with van der Waals surface area (Å²) >= 11 is 0. The Hall–Kier alpha value is -2.69. The summed E-state index contributed by atoms with van der Waals surface area (Å²) in [5.74, 6) is 1.69. The van der Waals surface area contributed by atoms with E-state index in [2.05, 4.69) is 58.8 Å². The summed E-state index contributed by atoms with van der Waals surface area (Å²) in [7, 11) is 0. The third kappa shape index (κ3) is 3.72. The first-order valence-electron chi connectivity index (χ1n) is 9.63. The van der Waals surface area contributed by atoms with Crippen molar-refractivity contribution in [2.45, 2.75) is 52.5 Å². The Bertz CT molecular complexity index is 965. The standard InChI is InChI=1S/C22H26N4O/c1-22(2,3)14-20(27)25-19-13-15-8-9-16(21-23-10-5-11-24-21)12-18(15)26(19)17-6-4-7-17/h5,8-13,17H,4,6-7,14H2,1-3H3,(H,25,27). The van der Waals surface area contributed by atoms with Crippen molar-refractivity contribution < 1.29 is 4.79 Å². The fourth-order valence-corrected chi connectivity index (χ4v) is 3.61. The fraction of sp³-hybridized carbons (Fsp3) is 0.409. The van der Waals surface area contributed by atoms with Crippen LogP contribution in [0.3, 0.4) is 0 Å². The van der Waals surface area contributed by atoms with Crippen LogP contribution < -0.4 is 5.32 Å². The lowest BCUT2D eigenvalue weighted by Gasteiger charge is -2.30. The number of nitrogens with zero attached hydrogens (tertiary/aromatic N) is 3. The Labute approximate surface area is 159 Å². The second kappa shape index (κ2) is 6.80. The SMILES string of the molecule is CC(C)(C)CC(=O)Nc1cc2ccc(-c3ncccn3)cc2n1C1CCC1. The monoisotopic (exact) mass is 362 g/mol. The predicted octanol–water partition coefficient (Wildman–Crippen LogP) is 5.20. The molecular formula is C22H26N4O. The fourth-order valence-electron chi connectivity index (χ4n) is 3.61. The summed E-state index contributed by atoms with van der Waals surface area (Å²) in [5, 5.41) is 4.29. The van der Waals surface area contributed by atoms with Crippen molar-refractivity contribution >= 4 is 22.6 Å². The van der Waals surface area contributed by atoms with E-state index in [1.807, 2.05) is 12.1 Å². The van der Waals surface area contributed by atoms with Gasteiger partial charge in [0.25, 0.3) is 0 Å². The lowest BCUT2D eigenvalue weighted by atomic mass is 9.92. The van der Waals surface area contributed by atoms with Crippen LogP contribution in [0.25, 0.3) is 22.3 Å². The van der Waals surface area contributed by atoms with Crippen LogP contribution >= 0.6 is 0 Å². The van der Waals surface area contributed by atoms with Crippen LogP contribution in [-0.2, 0) is 4.79 Å². The van der Waals surface area contributed by atoms with Gasteiger partial charge < -0.3 is 9.88 Å². The zero-order valence-corrected chi connectivity index (χ0v) is 16.2. The molecule has 5 heteroatoms. The van der Waals surface area contributed by atoms with Crippen molar-refractivity contribution in [3.05, 3.63) is 42.7 Å². The highest BCUT2D eigenvalue weighted by atomic mass is 16.1. The van der Waals surface area contributed by atoms with Gasteiger partial charge in [0, 0.05) is 35.8 Å². The molecule has 0 atom stereocenters. The van der Waals surface area contributed by atoms with Gasteiger partial charge >= 0.3 is 0 Å². The van der Waals surface area contributed by atoms with Crippen LogP contribution in [0, 0.1) is 5.41 Å². The number of hydrogen-bond donors (Lipinski definition) is 1. The molecule has 0 aliphatic heterocycles. The minimum Gasteiger partial charge on any atom is -0.324 e. The number of carbonyl (C=O) groups excluding carboxylic acids is 1. The van der Waals surface area contributed by atoms with Crippen LogP contribution in [0.2, 0.25) is 0 Å². The van der Waals surface area contributed by atoms with Gasteiger partial charge in [0.05, 0.1) is 5.52 Å². The van der Waals surface area contributed by atoms with Gasteiger partial charge in [0.2, 0.25) is 5.91 Å². The summed E-state index contributed by atoms with van der Waals surface area (Å²) in [5.41, 5.74) is 2.10. The highest BCUT2D eigenvalue weighted by Gasteiger charge is 2.25. The van der Waals surface area contributed by atoms with Gasteiger partial charge in [-0.2, -0.15) is 0 Å². The predicted molar refractivity (Wildman–Crippen MR) is 109 cm³/mol. The number of hydrogen-bond acceptors (Lipinski definition) is 3. The second-order valence-electron chi connectivity index (χ2n) is 8.62. The molecule has 0 bridgehead atoms. The molecule has 3 aromatic rings. The highest BCUT2D eigenvalue weighted by molar-refractivity contribution is 5.96. The maximum absolute atomic E-state index is 12.5. The molecule has 1 N–H and O–H groups in total. The van der Waals surface area contributed by atoms with Crippen LogP contribution in [0.5, 0.6) is 0 Å². The highest BCUT2D eigenvalue weighted by Crippen LogP contribution is 2.39. The Morgan fingerprint density at radius 1 is 1.19 bits per heavy atom. The first-order chi connectivity index (χ1) is 12.9. The smallest absolute Gasteiger partial charge is 0.226 e. The normalized spacial score (nSPS) is 14.9. The van der Waals surface area contributed by atoms with E-state index in [0.29, 0.717) is 12.5 Å². The molecular weight excluding hydrogens is 336 g/mol. The first-order valence-corrected chi connectivity index (χ1v) is 9.63. The molecule has 1 fully saturated rings. The summed E-state index contributed by atoms with van der Waals surface area (Å²) in [6.45, 7) is 6.25. The van der Waals surface area contributed by atoms with E-state index >= 15 is 0 Å². The third-order valence-electron chi connectivity index (χ3n) is 5.06. The van der Waals surface area contributed by atoms with E-state index in [-0.39, 0.29) is 11.3 Å². The van der Waals surface area contributed by atoms with E-state index < -0.39 is 0 Å². The average molecular weight is 362 g/mol. The van der Waals surface area contributed by atoms with E-state index in [9.17, 15) is 4.79 Å². The molecule has 0 radical (unpaired) electrons. The number of fused-ring (bicyclic) bond motifs is 1. The Morgan fingerprint density at radius 3 is 2.56 bits per heavy atom. The number of benzene rings is 1. The van der Waals surface area contributed by atoms with Crippen LogP contribution in [-0.4, -0.2) is 20.4 Å². The zero-order chi connectivity index (χ0) is 19.0. The molecule has 1 aliphatic rings. The van der Waals surface area contributed by atoms with Gasteiger partial charge in [-0.25, -0.2) is 9.97 Å². The van der Waals surface area contributed by atoms with E-state index in [0.717, 1.165) is 41.0 Å². The number of carbonyl (C=O) groups is 1. The van der Waals surface area contributed by atoms with Crippen LogP contribution in [0.4, 0.5) is 5.82 Å². The zero-order valence-electron chi connectivity index (χ0n) is 16.2. The number of rotatable bonds is 4. The molecule has 0 unspecified atom stereocenters. The lowest BCUT2D eigenvalue weighted by Crippen LogP contribution is -2.24. The molecule has 27 heavy (non-hydrogen) atoms. The number of nitrogens with one attached hydrogen (secondary N) is 1. The van der Waals surface area contributed by atoms with Crippen molar-refractivity contribution in [3.63, 3.8) is 0 Å². The van der Waals surface area contributed by atoms with Crippen molar-refractivity contribution in [1.82, 2.24) is 14.5 Å². The Kier molecular flexibility index (Phi) is 4.46. The van der Waals surface area contributed by atoms with Crippen molar-refractivity contribution in [2.75, 3.05) is 5.32 Å². The minimum absolute atomic E-state index is 0.0325. The molecule has 1 aliphatic carbocycles. The van der Waals surface area contributed by atoms with Gasteiger partial charge in [-0.1, -0.05) is 32.9 Å². The van der Waals surface area contributed by atoms with Gasteiger partial charge in [-0.15, -0.1) is 0 Å². The summed E-state index contributed by atoms with van der Waals surface area (Å²) in [6, 6.07) is 10.6. The van der Waals surface area contributed by atoms with E-state index in [1.54, 1.807) is 12.4 Å². The third-order valence-corrected chi connectivity index (χ3v) is 5.06. The van der Waals surface area contributed by atoms with Gasteiger partial charge in [0.15, 0.2) is 5.82 Å². The second-order valence-corrected chi connectivity index (χ2v) is 8.62. The molecule has 0 spiro atoms. The van der Waals surface area contributed by atoms with Crippen LogP contribution in [0.15, 0.2) is 42.7 Å². The molecule has 2 heterocycles. The van der Waals surface area contributed by atoms with E-state index in [4.69, 9.17) is 0 Å². The molecule has 4 rings (SSSR count). The molecule has 2 aromatic heterocycles. The molecule has 140 valence electrons. The number of amides is 1.